The molecule has 0 atom stereocenters. The number of aryl methyl sites for hydroxylation is 1. The maximum absolute atomic E-state index is 5.49. The van der Waals surface area contributed by atoms with Gasteiger partial charge in [0.1, 0.15) is 0 Å². The average molecular weight is 402 g/mol. The van der Waals surface area contributed by atoms with Gasteiger partial charge in [0.15, 0.2) is 17.5 Å². The van der Waals surface area contributed by atoms with Gasteiger partial charge in [0.25, 0.3) is 0 Å². The molecule has 3 heterocycles. The van der Waals surface area contributed by atoms with Crippen LogP contribution in [0.25, 0.3) is 0 Å². The molecule has 1 saturated heterocycles. The number of benzene rings is 1. The van der Waals surface area contributed by atoms with Gasteiger partial charge in [-0.1, -0.05) is 6.07 Å². The van der Waals surface area contributed by atoms with Crippen LogP contribution in [0.1, 0.15) is 23.1 Å². The SMILES string of the molecule is CCNC(=NCc1scnc1C)N1CCN(Cc2ccc3c(c2)OCO3)CC1. The van der Waals surface area contributed by atoms with Crippen LogP contribution in [-0.2, 0) is 13.1 Å². The van der Waals surface area contributed by atoms with Gasteiger partial charge in [-0.25, -0.2) is 9.98 Å². The molecule has 0 unspecified atom stereocenters. The third-order valence-electron chi connectivity index (χ3n) is 5.07. The summed E-state index contributed by atoms with van der Waals surface area (Å²) >= 11 is 1.67. The van der Waals surface area contributed by atoms with E-state index in [-0.39, 0.29) is 0 Å². The fraction of sp³-hybridized carbons (Fsp3) is 0.500. The summed E-state index contributed by atoms with van der Waals surface area (Å²) < 4.78 is 10.9. The van der Waals surface area contributed by atoms with Gasteiger partial charge in [-0.05, 0) is 31.5 Å². The van der Waals surface area contributed by atoms with Crippen LogP contribution < -0.4 is 14.8 Å². The summed E-state index contributed by atoms with van der Waals surface area (Å²) in [6.07, 6.45) is 0. The second-order valence-corrected chi connectivity index (χ2v) is 7.92. The van der Waals surface area contributed by atoms with Crippen LogP contribution in [0.4, 0.5) is 0 Å². The van der Waals surface area contributed by atoms with E-state index in [2.05, 4.69) is 39.2 Å². The molecule has 0 amide bonds. The van der Waals surface area contributed by atoms with Gasteiger partial charge in [0.2, 0.25) is 6.79 Å². The quantitative estimate of drug-likeness (QED) is 0.613. The molecule has 4 rings (SSSR count). The van der Waals surface area contributed by atoms with Crippen LogP contribution >= 0.6 is 11.3 Å². The van der Waals surface area contributed by atoms with Crippen LogP contribution in [0.2, 0.25) is 0 Å². The standard InChI is InChI=1S/C20H27N5O2S/c1-3-21-20(22-11-19-15(2)23-13-28-19)25-8-6-24(7-9-25)12-16-4-5-17-18(10-16)27-14-26-17/h4-5,10,13H,3,6-9,11-12,14H2,1-2H3,(H,21,22). The van der Waals surface area contributed by atoms with Crippen LogP contribution in [0.3, 0.4) is 0 Å². The monoisotopic (exact) mass is 401 g/mol. The zero-order valence-electron chi connectivity index (χ0n) is 16.5. The molecule has 2 aliphatic rings. The van der Waals surface area contributed by atoms with Gasteiger partial charge in [-0.15, -0.1) is 11.3 Å². The number of hydrogen-bond donors (Lipinski definition) is 1. The largest absolute Gasteiger partial charge is 0.454 e. The van der Waals surface area contributed by atoms with Crippen LogP contribution in [-0.4, -0.2) is 60.3 Å². The van der Waals surface area contributed by atoms with Gasteiger partial charge < -0.3 is 19.7 Å². The first-order valence-corrected chi connectivity index (χ1v) is 10.6. The number of nitrogens with one attached hydrogen (secondary N) is 1. The Labute approximate surface area is 170 Å². The van der Waals surface area contributed by atoms with Gasteiger partial charge in [0.05, 0.1) is 17.7 Å². The van der Waals surface area contributed by atoms with E-state index < -0.39 is 0 Å². The molecule has 2 aromatic rings. The zero-order chi connectivity index (χ0) is 19.3. The van der Waals surface area contributed by atoms with E-state index in [0.717, 1.165) is 62.4 Å². The van der Waals surface area contributed by atoms with Gasteiger partial charge in [-0.2, -0.15) is 0 Å². The fourth-order valence-electron chi connectivity index (χ4n) is 3.47. The molecule has 150 valence electrons. The normalized spacial score (nSPS) is 17.2. The lowest BCUT2D eigenvalue weighted by atomic mass is 10.1. The number of aromatic nitrogens is 1. The minimum absolute atomic E-state index is 0.324. The smallest absolute Gasteiger partial charge is 0.231 e. The van der Waals surface area contributed by atoms with Gasteiger partial charge in [0, 0.05) is 44.1 Å². The third kappa shape index (κ3) is 4.39. The van der Waals surface area contributed by atoms with Crippen molar-refractivity contribution in [2.75, 3.05) is 39.5 Å². The van der Waals surface area contributed by atoms with Gasteiger partial charge >= 0.3 is 0 Å². The molecule has 2 aliphatic heterocycles. The van der Waals surface area contributed by atoms with E-state index in [1.54, 1.807) is 11.3 Å². The van der Waals surface area contributed by atoms with Crippen molar-refractivity contribution in [3.05, 3.63) is 39.8 Å². The highest BCUT2D eigenvalue weighted by Crippen LogP contribution is 2.32. The molecule has 1 N–H and O–H groups in total. The maximum Gasteiger partial charge on any atom is 0.231 e. The van der Waals surface area contributed by atoms with Crippen molar-refractivity contribution in [3.63, 3.8) is 0 Å². The van der Waals surface area contributed by atoms with E-state index in [4.69, 9.17) is 14.5 Å². The minimum Gasteiger partial charge on any atom is -0.454 e. The molecule has 0 spiro atoms. The molecule has 0 aliphatic carbocycles. The van der Waals surface area contributed by atoms with Crippen molar-refractivity contribution < 1.29 is 9.47 Å². The van der Waals surface area contributed by atoms with E-state index in [1.807, 2.05) is 18.5 Å². The average Bonchev–Trinajstić information content (AvgIpc) is 3.34. The lowest BCUT2D eigenvalue weighted by molar-refractivity contribution is 0.171. The second kappa shape index (κ2) is 8.79. The summed E-state index contributed by atoms with van der Waals surface area (Å²) in [5.41, 5.74) is 4.24. The van der Waals surface area contributed by atoms with E-state index >= 15 is 0 Å². The number of guanidine groups is 1. The Bertz CT molecular complexity index is 830. The second-order valence-electron chi connectivity index (χ2n) is 6.98. The minimum atomic E-state index is 0.324. The molecule has 0 saturated carbocycles. The van der Waals surface area contributed by atoms with Crippen molar-refractivity contribution in [1.82, 2.24) is 20.1 Å². The Hall–Kier alpha value is -2.32. The van der Waals surface area contributed by atoms with Crippen molar-refractivity contribution in [2.45, 2.75) is 26.9 Å². The fourth-order valence-corrected chi connectivity index (χ4v) is 4.17. The topological polar surface area (TPSA) is 62.2 Å². The van der Waals surface area contributed by atoms with E-state index in [0.29, 0.717) is 13.3 Å². The zero-order valence-corrected chi connectivity index (χ0v) is 17.3. The Morgan fingerprint density at radius 1 is 1.21 bits per heavy atom. The summed E-state index contributed by atoms with van der Waals surface area (Å²) in [6, 6.07) is 6.23. The lowest BCUT2D eigenvalue weighted by Crippen LogP contribution is -2.52. The summed E-state index contributed by atoms with van der Waals surface area (Å²) in [6.45, 7) is 10.9. The summed E-state index contributed by atoms with van der Waals surface area (Å²) in [7, 11) is 0. The molecule has 8 heteroatoms. The van der Waals surface area contributed by atoms with E-state index in [9.17, 15) is 0 Å². The van der Waals surface area contributed by atoms with Crippen molar-refractivity contribution in [1.29, 1.82) is 0 Å². The third-order valence-corrected chi connectivity index (χ3v) is 5.99. The van der Waals surface area contributed by atoms with Gasteiger partial charge in [-0.3, -0.25) is 4.90 Å². The molecule has 0 radical (unpaired) electrons. The number of hydrogen-bond acceptors (Lipinski definition) is 6. The number of ether oxygens (including phenoxy) is 2. The lowest BCUT2D eigenvalue weighted by Gasteiger charge is -2.36. The van der Waals surface area contributed by atoms with Crippen molar-refractivity contribution in [3.8, 4) is 11.5 Å². The predicted molar refractivity (Wildman–Crippen MR) is 111 cm³/mol. The molecule has 0 bridgehead atoms. The van der Waals surface area contributed by atoms with Crippen molar-refractivity contribution >= 4 is 17.3 Å². The van der Waals surface area contributed by atoms with E-state index in [1.165, 1.54) is 10.4 Å². The number of rotatable bonds is 5. The molecule has 7 nitrogen and oxygen atoms in total. The summed E-state index contributed by atoms with van der Waals surface area (Å²) in [4.78, 5) is 15.2. The number of fused-ring (bicyclic) bond motifs is 1. The maximum atomic E-state index is 5.49. The Balaban J connectivity index is 1.33. The number of aliphatic imine (C=N–C) groups is 1. The Morgan fingerprint density at radius 3 is 2.79 bits per heavy atom. The number of piperazine rings is 1. The molecular weight excluding hydrogens is 374 g/mol. The highest BCUT2D eigenvalue weighted by molar-refractivity contribution is 7.09. The summed E-state index contributed by atoms with van der Waals surface area (Å²) in [5.74, 6) is 2.70. The molecular formula is C20H27N5O2S. The Kier molecular flexibility index (Phi) is 5.97. The molecule has 1 fully saturated rings. The first-order chi connectivity index (χ1) is 13.7. The number of thiazole rings is 1. The van der Waals surface area contributed by atoms with Crippen LogP contribution in [0.15, 0.2) is 28.7 Å². The predicted octanol–water partition coefficient (Wildman–Crippen LogP) is 2.46. The first-order valence-electron chi connectivity index (χ1n) is 9.76. The van der Waals surface area contributed by atoms with Crippen molar-refractivity contribution in [2.24, 2.45) is 4.99 Å². The molecule has 28 heavy (non-hydrogen) atoms. The molecule has 1 aromatic heterocycles. The van der Waals surface area contributed by atoms with Crippen LogP contribution in [0, 0.1) is 6.92 Å². The highest BCUT2D eigenvalue weighted by Gasteiger charge is 2.21. The first kappa shape index (κ1) is 19.0. The molecule has 1 aromatic carbocycles. The summed E-state index contributed by atoms with van der Waals surface area (Å²) in [5, 5.41) is 3.44. The highest BCUT2D eigenvalue weighted by atomic mass is 32.1. The Morgan fingerprint density at radius 2 is 2.04 bits per heavy atom. The number of nitrogens with zero attached hydrogens (tertiary/aromatic N) is 4. The van der Waals surface area contributed by atoms with Crippen LogP contribution in [0.5, 0.6) is 11.5 Å².